The largest absolute Gasteiger partial charge is 0.267 e. The normalized spacial score (nSPS) is 10.1. The van der Waals surface area contributed by atoms with Crippen LogP contribution in [0.1, 0.15) is 16.7 Å². The van der Waals surface area contributed by atoms with Crippen LogP contribution < -0.4 is 0 Å². The highest BCUT2D eigenvalue weighted by atomic mass is 35.5. The predicted octanol–water partition coefficient (Wildman–Crippen LogP) is 2.76. The van der Waals surface area contributed by atoms with Gasteiger partial charge in [0.05, 0.1) is 18.3 Å². The van der Waals surface area contributed by atoms with Crippen molar-refractivity contribution in [3.63, 3.8) is 0 Å². The first-order valence-electron chi connectivity index (χ1n) is 4.86. The van der Waals surface area contributed by atoms with Crippen molar-refractivity contribution in [2.75, 3.05) is 0 Å². The van der Waals surface area contributed by atoms with Crippen molar-refractivity contribution in [2.45, 2.75) is 13.5 Å². The van der Waals surface area contributed by atoms with Gasteiger partial charge in [-0.2, -0.15) is 10.4 Å². The van der Waals surface area contributed by atoms with Gasteiger partial charge in [0.15, 0.2) is 0 Å². The molecule has 0 saturated carbocycles. The first kappa shape index (κ1) is 10.7. The molecule has 0 radical (unpaired) electrons. The van der Waals surface area contributed by atoms with Gasteiger partial charge in [0, 0.05) is 11.2 Å². The van der Waals surface area contributed by atoms with E-state index >= 15 is 0 Å². The van der Waals surface area contributed by atoms with Gasteiger partial charge in [-0.15, -0.1) is 0 Å². The van der Waals surface area contributed by atoms with Crippen LogP contribution in [0.2, 0.25) is 5.02 Å². The minimum absolute atomic E-state index is 0.568. The van der Waals surface area contributed by atoms with Crippen LogP contribution in [0.5, 0.6) is 0 Å². The molecule has 0 aliphatic rings. The average molecular weight is 232 g/mol. The number of aromatic nitrogens is 2. The summed E-state index contributed by atoms with van der Waals surface area (Å²) in [6.07, 6.45) is 3.27. The lowest BCUT2D eigenvalue weighted by Crippen LogP contribution is -1.99. The number of hydrogen-bond donors (Lipinski definition) is 0. The van der Waals surface area contributed by atoms with Crippen LogP contribution in [0.25, 0.3) is 0 Å². The van der Waals surface area contributed by atoms with E-state index in [2.05, 4.69) is 5.10 Å². The molecule has 0 atom stereocenters. The summed E-state index contributed by atoms with van der Waals surface area (Å²) in [6.45, 7) is 2.59. The molecule has 2 aromatic rings. The molecule has 0 bridgehead atoms. The Morgan fingerprint density at radius 3 is 2.94 bits per heavy atom. The molecular formula is C12H10ClN3. The van der Waals surface area contributed by atoms with Gasteiger partial charge in [-0.3, -0.25) is 4.68 Å². The van der Waals surface area contributed by atoms with Gasteiger partial charge in [0.2, 0.25) is 0 Å². The number of aryl methyl sites for hydroxylation is 1. The molecule has 0 fully saturated rings. The maximum Gasteiger partial charge on any atom is 0.102 e. The third kappa shape index (κ3) is 2.23. The summed E-state index contributed by atoms with van der Waals surface area (Å²) < 4.78 is 1.72. The van der Waals surface area contributed by atoms with Gasteiger partial charge in [-0.1, -0.05) is 23.7 Å². The number of benzene rings is 1. The van der Waals surface area contributed by atoms with Crippen LogP contribution in [-0.4, -0.2) is 9.78 Å². The molecule has 80 valence electrons. The molecule has 0 N–H and O–H groups in total. The molecule has 3 nitrogen and oxygen atoms in total. The first-order valence-corrected chi connectivity index (χ1v) is 5.24. The smallest absolute Gasteiger partial charge is 0.102 e. The third-order valence-electron chi connectivity index (χ3n) is 2.34. The van der Waals surface area contributed by atoms with Crippen LogP contribution >= 0.6 is 11.6 Å². The van der Waals surface area contributed by atoms with E-state index in [1.807, 2.05) is 31.2 Å². The van der Waals surface area contributed by atoms with E-state index in [4.69, 9.17) is 16.9 Å². The van der Waals surface area contributed by atoms with Crippen molar-refractivity contribution in [1.82, 2.24) is 9.78 Å². The second-order valence-electron chi connectivity index (χ2n) is 3.62. The number of rotatable bonds is 2. The van der Waals surface area contributed by atoms with Crippen molar-refractivity contribution < 1.29 is 0 Å². The predicted molar refractivity (Wildman–Crippen MR) is 62.2 cm³/mol. The summed E-state index contributed by atoms with van der Waals surface area (Å²) in [5, 5.41) is 13.5. The van der Waals surface area contributed by atoms with E-state index in [0.29, 0.717) is 12.1 Å². The fraction of sp³-hybridized carbons (Fsp3) is 0.167. The Labute approximate surface area is 98.9 Å². The second kappa shape index (κ2) is 4.38. The minimum atomic E-state index is 0.568. The number of halogens is 1. The van der Waals surface area contributed by atoms with Gasteiger partial charge < -0.3 is 0 Å². The zero-order valence-corrected chi connectivity index (χ0v) is 9.57. The Balaban J connectivity index is 2.21. The highest BCUT2D eigenvalue weighted by Gasteiger charge is 2.01. The molecule has 4 heteroatoms. The van der Waals surface area contributed by atoms with E-state index in [9.17, 15) is 0 Å². The summed E-state index contributed by atoms with van der Waals surface area (Å²) in [5.41, 5.74) is 2.70. The molecule has 0 amide bonds. The SMILES string of the molecule is Cc1ccc(Cn2cc(C#N)cn2)cc1Cl. The first-order chi connectivity index (χ1) is 7.69. The van der Waals surface area contributed by atoms with Crippen molar-refractivity contribution in [3.05, 3.63) is 52.3 Å². The minimum Gasteiger partial charge on any atom is -0.267 e. The fourth-order valence-electron chi connectivity index (χ4n) is 1.43. The summed E-state index contributed by atoms with van der Waals surface area (Å²) in [4.78, 5) is 0. The lowest BCUT2D eigenvalue weighted by Gasteiger charge is -2.04. The van der Waals surface area contributed by atoms with E-state index < -0.39 is 0 Å². The van der Waals surface area contributed by atoms with Crippen LogP contribution in [0.3, 0.4) is 0 Å². The zero-order chi connectivity index (χ0) is 11.5. The maximum absolute atomic E-state index is 8.67. The van der Waals surface area contributed by atoms with Gasteiger partial charge in [0.1, 0.15) is 6.07 Å². The standard InChI is InChI=1S/C12H10ClN3/c1-9-2-3-10(4-12(9)13)7-16-8-11(5-14)6-15-16/h2-4,6,8H,7H2,1H3. The molecule has 1 aromatic heterocycles. The van der Waals surface area contributed by atoms with E-state index in [1.165, 1.54) is 0 Å². The summed E-state index contributed by atoms with van der Waals surface area (Å²) in [6, 6.07) is 7.95. The van der Waals surface area contributed by atoms with Gasteiger partial charge in [-0.05, 0) is 24.1 Å². The molecule has 0 saturated heterocycles. The van der Waals surface area contributed by atoms with E-state index in [-0.39, 0.29) is 0 Å². The zero-order valence-electron chi connectivity index (χ0n) is 8.81. The van der Waals surface area contributed by atoms with Crippen LogP contribution in [0.15, 0.2) is 30.6 Å². The maximum atomic E-state index is 8.67. The summed E-state index contributed by atoms with van der Waals surface area (Å²) in [5.74, 6) is 0. The van der Waals surface area contributed by atoms with Crippen molar-refractivity contribution in [3.8, 4) is 6.07 Å². The average Bonchev–Trinajstić information content (AvgIpc) is 2.71. The molecule has 2 rings (SSSR count). The molecule has 0 unspecified atom stereocenters. The Hall–Kier alpha value is -1.79. The molecule has 16 heavy (non-hydrogen) atoms. The Kier molecular flexibility index (Phi) is 2.93. The molecule has 0 spiro atoms. The van der Waals surface area contributed by atoms with Crippen LogP contribution in [0, 0.1) is 18.3 Å². The van der Waals surface area contributed by atoms with Crippen LogP contribution in [-0.2, 0) is 6.54 Å². The monoisotopic (exact) mass is 231 g/mol. The highest BCUT2D eigenvalue weighted by molar-refractivity contribution is 6.31. The summed E-state index contributed by atoms with van der Waals surface area (Å²) >= 11 is 6.03. The number of hydrogen-bond acceptors (Lipinski definition) is 2. The number of nitrogens with zero attached hydrogens (tertiary/aromatic N) is 3. The van der Waals surface area contributed by atoms with E-state index in [0.717, 1.165) is 16.1 Å². The van der Waals surface area contributed by atoms with Gasteiger partial charge in [0.25, 0.3) is 0 Å². The quantitative estimate of drug-likeness (QED) is 0.798. The lowest BCUT2D eigenvalue weighted by molar-refractivity contribution is 0.686. The third-order valence-corrected chi connectivity index (χ3v) is 2.75. The molecule has 0 aliphatic heterocycles. The topological polar surface area (TPSA) is 41.6 Å². The van der Waals surface area contributed by atoms with Crippen molar-refractivity contribution in [1.29, 1.82) is 5.26 Å². The molecule has 1 aromatic carbocycles. The fourth-order valence-corrected chi connectivity index (χ4v) is 1.63. The molecule has 0 aliphatic carbocycles. The molecule has 1 heterocycles. The Bertz CT molecular complexity index is 552. The molecular weight excluding hydrogens is 222 g/mol. The second-order valence-corrected chi connectivity index (χ2v) is 4.03. The van der Waals surface area contributed by atoms with Gasteiger partial charge in [-0.25, -0.2) is 0 Å². The Morgan fingerprint density at radius 2 is 2.31 bits per heavy atom. The highest BCUT2D eigenvalue weighted by Crippen LogP contribution is 2.17. The summed E-state index contributed by atoms with van der Waals surface area (Å²) in [7, 11) is 0. The Morgan fingerprint density at radius 1 is 1.50 bits per heavy atom. The van der Waals surface area contributed by atoms with Crippen molar-refractivity contribution in [2.24, 2.45) is 0 Å². The number of nitriles is 1. The lowest BCUT2D eigenvalue weighted by atomic mass is 10.1. The van der Waals surface area contributed by atoms with Gasteiger partial charge >= 0.3 is 0 Å². The van der Waals surface area contributed by atoms with Crippen molar-refractivity contribution >= 4 is 11.6 Å². The van der Waals surface area contributed by atoms with E-state index in [1.54, 1.807) is 17.1 Å². The van der Waals surface area contributed by atoms with Crippen LogP contribution in [0.4, 0.5) is 0 Å².